The molecule has 2 N–H and O–H groups in total. The van der Waals surface area contributed by atoms with Crippen molar-refractivity contribution in [2.24, 2.45) is 5.92 Å². The third-order valence-corrected chi connectivity index (χ3v) is 3.90. The van der Waals surface area contributed by atoms with Crippen LogP contribution in [0.15, 0.2) is 0 Å². The summed E-state index contributed by atoms with van der Waals surface area (Å²) >= 11 is 0. The molecule has 0 aromatic rings. The molecule has 82 valence electrons. The minimum Gasteiger partial charge on any atom is -0.395 e. The summed E-state index contributed by atoms with van der Waals surface area (Å²) in [5.74, 6) is 0.971. The van der Waals surface area contributed by atoms with Gasteiger partial charge in [-0.1, -0.05) is 32.1 Å². The molecule has 1 aliphatic carbocycles. The normalized spacial score (nSPS) is 34.9. The van der Waals surface area contributed by atoms with Gasteiger partial charge in [0.25, 0.3) is 0 Å². The molecule has 2 heteroatoms. The van der Waals surface area contributed by atoms with E-state index in [0.717, 1.165) is 5.92 Å². The molecule has 1 saturated carbocycles. The van der Waals surface area contributed by atoms with Crippen molar-refractivity contribution in [3.8, 4) is 0 Å². The number of rotatable bonds is 3. The van der Waals surface area contributed by atoms with Crippen LogP contribution in [-0.2, 0) is 0 Å². The summed E-state index contributed by atoms with van der Waals surface area (Å²) in [6, 6.07) is 1.10. The quantitative estimate of drug-likeness (QED) is 0.726. The average molecular weight is 197 g/mol. The van der Waals surface area contributed by atoms with Crippen molar-refractivity contribution in [3.63, 3.8) is 0 Å². The van der Waals surface area contributed by atoms with Crippen LogP contribution in [0.25, 0.3) is 0 Å². The third-order valence-electron chi connectivity index (χ3n) is 3.90. The Bertz CT molecular complexity index is 166. The molecule has 1 heterocycles. The van der Waals surface area contributed by atoms with Gasteiger partial charge in [-0.2, -0.15) is 0 Å². The van der Waals surface area contributed by atoms with Crippen LogP contribution in [0, 0.1) is 5.92 Å². The van der Waals surface area contributed by atoms with Gasteiger partial charge in [0.15, 0.2) is 0 Å². The van der Waals surface area contributed by atoms with Crippen molar-refractivity contribution in [1.82, 2.24) is 5.32 Å². The second kappa shape index (κ2) is 5.13. The summed E-state index contributed by atoms with van der Waals surface area (Å²) in [6.07, 6.45) is 11.0. The van der Waals surface area contributed by atoms with Gasteiger partial charge < -0.3 is 10.4 Å². The van der Waals surface area contributed by atoms with E-state index in [1.54, 1.807) is 0 Å². The molecule has 1 saturated heterocycles. The van der Waals surface area contributed by atoms with Crippen LogP contribution in [0.3, 0.4) is 0 Å². The van der Waals surface area contributed by atoms with Gasteiger partial charge in [-0.05, 0) is 25.2 Å². The minimum atomic E-state index is 0.321. The molecule has 0 aromatic heterocycles. The van der Waals surface area contributed by atoms with Crippen molar-refractivity contribution >= 4 is 0 Å². The summed E-state index contributed by atoms with van der Waals surface area (Å²) < 4.78 is 0. The maximum atomic E-state index is 9.03. The van der Waals surface area contributed by atoms with E-state index in [-0.39, 0.29) is 0 Å². The first-order chi connectivity index (χ1) is 6.88. The fourth-order valence-corrected chi connectivity index (χ4v) is 3.06. The van der Waals surface area contributed by atoms with E-state index in [2.05, 4.69) is 5.32 Å². The van der Waals surface area contributed by atoms with E-state index < -0.39 is 0 Å². The summed E-state index contributed by atoms with van der Waals surface area (Å²) in [4.78, 5) is 0. The van der Waals surface area contributed by atoms with Crippen LogP contribution in [0.4, 0.5) is 0 Å². The van der Waals surface area contributed by atoms with Crippen molar-refractivity contribution in [2.75, 3.05) is 6.61 Å². The number of hydrogen-bond donors (Lipinski definition) is 2. The fraction of sp³-hybridized carbons (Fsp3) is 1.00. The van der Waals surface area contributed by atoms with Gasteiger partial charge >= 0.3 is 0 Å². The van der Waals surface area contributed by atoms with Gasteiger partial charge in [-0.15, -0.1) is 0 Å². The number of aliphatic hydroxyl groups excluding tert-OH is 1. The molecule has 0 amide bonds. The Morgan fingerprint density at radius 3 is 2.29 bits per heavy atom. The lowest BCUT2D eigenvalue weighted by molar-refractivity contribution is 0.245. The number of hydrogen-bond acceptors (Lipinski definition) is 2. The van der Waals surface area contributed by atoms with E-state index in [0.29, 0.717) is 18.7 Å². The van der Waals surface area contributed by atoms with Crippen LogP contribution in [0.5, 0.6) is 0 Å². The highest BCUT2D eigenvalue weighted by Gasteiger charge is 2.25. The molecule has 2 atom stereocenters. The first kappa shape index (κ1) is 10.4. The molecular formula is C12H23NO. The lowest BCUT2D eigenvalue weighted by Gasteiger charge is -2.24. The van der Waals surface area contributed by atoms with E-state index in [4.69, 9.17) is 5.11 Å². The van der Waals surface area contributed by atoms with Gasteiger partial charge in [0.2, 0.25) is 0 Å². The first-order valence-electron chi connectivity index (χ1n) is 6.25. The highest BCUT2D eigenvalue weighted by atomic mass is 16.3. The Labute approximate surface area is 87.1 Å². The van der Waals surface area contributed by atoms with Crippen LogP contribution >= 0.6 is 0 Å². The predicted octanol–water partition coefficient (Wildman–Crippen LogP) is 2.07. The standard InChI is InChI=1S/C12H23NO/c14-9-12-7-6-11(13-12)8-10-4-2-1-3-5-10/h10-14H,1-9H2. The Morgan fingerprint density at radius 1 is 0.929 bits per heavy atom. The zero-order chi connectivity index (χ0) is 9.80. The molecule has 0 radical (unpaired) electrons. The smallest absolute Gasteiger partial charge is 0.0584 e. The molecule has 2 nitrogen and oxygen atoms in total. The third kappa shape index (κ3) is 2.71. The summed E-state index contributed by atoms with van der Waals surface area (Å²) in [7, 11) is 0. The van der Waals surface area contributed by atoms with Crippen molar-refractivity contribution in [3.05, 3.63) is 0 Å². The first-order valence-corrected chi connectivity index (χ1v) is 6.25. The maximum Gasteiger partial charge on any atom is 0.0584 e. The van der Waals surface area contributed by atoms with Crippen LogP contribution in [-0.4, -0.2) is 23.8 Å². The Balaban J connectivity index is 1.69. The minimum absolute atomic E-state index is 0.321. The Morgan fingerprint density at radius 2 is 1.64 bits per heavy atom. The predicted molar refractivity (Wildman–Crippen MR) is 58.2 cm³/mol. The lowest BCUT2D eigenvalue weighted by Crippen LogP contribution is -2.33. The van der Waals surface area contributed by atoms with E-state index in [1.165, 1.54) is 51.4 Å². The molecule has 14 heavy (non-hydrogen) atoms. The molecule has 2 aliphatic rings. The molecule has 2 rings (SSSR count). The monoisotopic (exact) mass is 197 g/mol. The maximum absolute atomic E-state index is 9.03. The molecule has 1 aliphatic heterocycles. The van der Waals surface area contributed by atoms with Crippen LogP contribution < -0.4 is 5.32 Å². The molecule has 0 spiro atoms. The number of nitrogens with one attached hydrogen (secondary N) is 1. The van der Waals surface area contributed by atoms with Gasteiger partial charge in [-0.25, -0.2) is 0 Å². The average Bonchev–Trinajstić information content (AvgIpc) is 2.67. The van der Waals surface area contributed by atoms with Gasteiger partial charge in [0.05, 0.1) is 6.61 Å². The van der Waals surface area contributed by atoms with Crippen molar-refractivity contribution in [2.45, 2.75) is 63.5 Å². The highest BCUT2D eigenvalue weighted by Crippen LogP contribution is 2.29. The van der Waals surface area contributed by atoms with Crippen LogP contribution in [0.1, 0.15) is 51.4 Å². The Kier molecular flexibility index (Phi) is 3.82. The van der Waals surface area contributed by atoms with Crippen LogP contribution in [0.2, 0.25) is 0 Å². The zero-order valence-electron chi connectivity index (χ0n) is 9.04. The second-order valence-electron chi connectivity index (χ2n) is 5.06. The fourth-order valence-electron chi connectivity index (χ4n) is 3.06. The van der Waals surface area contributed by atoms with E-state index >= 15 is 0 Å². The molecule has 0 aromatic carbocycles. The highest BCUT2D eigenvalue weighted by molar-refractivity contribution is 4.85. The van der Waals surface area contributed by atoms with E-state index in [1.807, 2.05) is 0 Å². The van der Waals surface area contributed by atoms with Gasteiger partial charge in [0, 0.05) is 12.1 Å². The molecule has 2 unspecified atom stereocenters. The number of aliphatic hydroxyl groups is 1. The van der Waals surface area contributed by atoms with Gasteiger partial charge in [-0.3, -0.25) is 0 Å². The van der Waals surface area contributed by atoms with Crippen molar-refractivity contribution in [1.29, 1.82) is 0 Å². The van der Waals surface area contributed by atoms with E-state index in [9.17, 15) is 0 Å². The lowest BCUT2D eigenvalue weighted by atomic mass is 9.84. The summed E-state index contributed by atoms with van der Waals surface area (Å²) in [5, 5.41) is 12.6. The molecule has 0 bridgehead atoms. The van der Waals surface area contributed by atoms with Crippen molar-refractivity contribution < 1.29 is 5.11 Å². The molecule has 2 fully saturated rings. The Hall–Kier alpha value is -0.0800. The molecular weight excluding hydrogens is 174 g/mol. The largest absolute Gasteiger partial charge is 0.395 e. The zero-order valence-corrected chi connectivity index (χ0v) is 9.04. The van der Waals surface area contributed by atoms with Gasteiger partial charge in [0.1, 0.15) is 0 Å². The second-order valence-corrected chi connectivity index (χ2v) is 5.06. The SMILES string of the molecule is OCC1CCC(CC2CCCCC2)N1. The topological polar surface area (TPSA) is 32.3 Å². The summed E-state index contributed by atoms with van der Waals surface area (Å²) in [6.45, 7) is 0.321. The summed E-state index contributed by atoms with van der Waals surface area (Å²) in [5.41, 5.74) is 0.